The number of hydrogen-bond acceptors (Lipinski definition) is 4. The normalized spacial score (nSPS) is 13.1. The van der Waals surface area contributed by atoms with E-state index in [1.165, 1.54) is 30.3 Å². The van der Waals surface area contributed by atoms with Crippen molar-refractivity contribution in [3.63, 3.8) is 0 Å². The molecule has 1 unspecified atom stereocenters. The topological polar surface area (TPSA) is 79.2 Å². The first kappa shape index (κ1) is 25.2. The molecule has 0 bridgehead atoms. The van der Waals surface area contributed by atoms with Gasteiger partial charge in [0.2, 0.25) is 0 Å². The number of nitrogens with one attached hydrogen (secondary N) is 2. The van der Waals surface area contributed by atoms with E-state index in [0.717, 1.165) is 0 Å². The highest BCUT2D eigenvalue weighted by Gasteiger charge is 2.41. The number of nitrogens with zero attached hydrogens (tertiary/aromatic N) is 2. The lowest BCUT2D eigenvalue weighted by Crippen LogP contribution is -2.24. The van der Waals surface area contributed by atoms with Crippen LogP contribution in [0.5, 0.6) is 0 Å². The van der Waals surface area contributed by atoms with Crippen LogP contribution in [0.4, 0.5) is 32.0 Å². The van der Waals surface area contributed by atoms with E-state index in [4.69, 9.17) is 0 Å². The van der Waals surface area contributed by atoms with Crippen molar-refractivity contribution < 1.29 is 36.2 Å². The van der Waals surface area contributed by atoms with Crippen LogP contribution < -0.4 is 10.6 Å². The fraction of sp³-hybridized carbons (Fsp3) is 0.273. The minimum Gasteiger partial charge on any atom is -0.374 e. The lowest BCUT2D eigenvalue weighted by molar-refractivity contribution is -0.144. The predicted octanol–water partition coefficient (Wildman–Crippen LogP) is 4.82. The SMILES string of the molecule is CCNC(O)c1ccccc1C(=O)Nc1ccc(Cn2nc(C(F)(F)F)cc2C(F)(F)F)cc1. The summed E-state index contributed by atoms with van der Waals surface area (Å²) >= 11 is 0. The summed E-state index contributed by atoms with van der Waals surface area (Å²) in [6, 6.07) is 11.9. The lowest BCUT2D eigenvalue weighted by atomic mass is 10.1. The van der Waals surface area contributed by atoms with Gasteiger partial charge < -0.3 is 10.4 Å². The zero-order valence-electron chi connectivity index (χ0n) is 17.7. The number of carbonyl (C=O) groups is 1. The monoisotopic (exact) mass is 486 g/mol. The number of aromatic nitrogens is 2. The summed E-state index contributed by atoms with van der Waals surface area (Å²) in [7, 11) is 0. The van der Waals surface area contributed by atoms with Gasteiger partial charge >= 0.3 is 12.4 Å². The number of anilines is 1. The maximum Gasteiger partial charge on any atom is 0.435 e. The summed E-state index contributed by atoms with van der Waals surface area (Å²) in [5.74, 6) is -0.526. The molecule has 1 aromatic heterocycles. The number of hydrogen-bond donors (Lipinski definition) is 3. The average Bonchev–Trinajstić information content (AvgIpc) is 3.20. The third-order valence-corrected chi connectivity index (χ3v) is 4.80. The van der Waals surface area contributed by atoms with E-state index in [9.17, 15) is 36.2 Å². The van der Waals surface area contributed by atoms with Gasteiger partial charge in [0.25, 0.3) is 5.91 Å². The van der Waals surface area contributed by atoms with Crippen molar-refractivity contribution >= 4 is 11.6 Å². The Morgan fingerprint density at radius 3 is 2.26 bits per heavy atom. The summed E-state index contributed by atoms with van der Waals surface area (Å²) in [5.41, 5.74) is -2.05. The van der Waals surface area contributed by atoms with Crippen LogP contribution in [0.3, 0.4) is 0 Å². The van der Waals surface area contributed by atoms with Crippen LogP contribution >= 0.6 is 0 Å². The molecule has 1 heterocycles. The van der Waals surface area contributed by atoms with Crippen molar-refractivity contribution in [3.05, 3.63) is 82.7 Å². The van der Waals surface area contributed by atoms with Crippen LogP contribution in [0.2, 0.25) is 0 Å². The standard InChI is InChI=1S/C22H20F6N4O2/c1-2-29-19(33)15-5-3-4-6-16(15)20(34)30-14-9-7-13(8-10-14)12-32-18(22(26,27)28)11-17(31-32)21(23,24)25/h3-11,19,29,33H,2,12H2,1H3,(H,30,34). The summed E-state index contributed by atoms with van der Waals surface area (Å²) < 4.78 is 78.3. The molecule has 34 heavy (non-hydrogen) atoms. The van der Waals surface area contributed by atoms with Crippen LogP contribution in [0, 0.1) is 0 Å². The van der Waals surface area contributed by atoms with Gasteiger partial charge in [-0.05, 0) is 30.3 Å². The second-order valence-corrected chi connectivity index (χ2v) is 7.27. The molecule has 182 valence electrons. The van der Waals surface area contributed by atoms with E-state index in [1.54, 1.807) is 25.1 Å². The van der Waals surface area contributed by atoms with Gasteiger partial charge in [0.15, 0.2) is 5.69 Å². The molecule has 12 heteroatoms. The minimum atomic E-state index is -5.02. The van der Waals surface area contributed by atoms with Gasteiger partial charge in [-0.15, -0.1) is 0 Å². The Bertz CT molecular complexity index is 1140. The van der Waals surface area contributed by atoms with Crippen LogP contribution in [0.25, 0.3) is 0 Å². The maximum atomic E-state index is 13.2. The van der Waals surface area contributed by atoms with Gasteiger partial charge in [0.05, 0.1) is 6.54 Å². The van der Waals surface area contributed by atoms with E-state index in [2.05, 4.69) is 15.7 Å². The van der Waals surface area contributed by atoms with Gasteiger partial charge in [-0.25, -0.2) is 0 Å². The first-order chi connectivity index (χ1) is 15.9. The molecule has 6 nitrogen and oxygen atoms in total. The molecular weight excluding hydrogens is 466 g/mol. The minimum absolute atomic E-state index is 0.0339. The highest BCUT2D eigenvalue weighted by molar-refractivity contribution is 6.05. The number of rotatable bonds is 7. The molecule has 2 aromatic carbocycles. The molecule has 0 saturated heterocycles. The van der Waals surface area contributed by atoms with Crippen LogP contribution in [-0.2, 0) is 18.9 Å². The lowest BCUT2D eigenvalue weighted by Gasteiger charge is -2.16. The first-order valence-corrected chi connectivity index (χ1v) is 10.0. The van der Waals surface area contributed by atoms with Gasteiger partial charge in [-0.3, -0.25) is 14.8 Å². The molecule has 3 rings (SSSR count). The zero-order chi connectivity index (χ0) is 25.1. The summed E-state index contributed by atoms with van der Waals surface area (Å²) in [5, 5.41) is 18.7. The Morgan fingerprint density at radius 2 is 1.68 bits per heavy atom. The number of alkyl halides is 6. The Morgan fingerprint density at radius 1 is 1.03 bits per heavy atom. The number of halogens is 6. The molecule has 3 aromatic rings. The third-order valence-electron chi connectivity index (χ3n) is 4.80. The first-order valence-electron chi connectivity index (χ1n) is 10.0. The molecule has 0 aliphatic rings. The smallest absolute Gasteiger partial charge is 0.374 e. The molecule has 0 saturated carbocycles. The molecule has 0 aliphatic heterocycles. The quantitative estimate of drug-likeness (QED) is 0.331. The van der Waals surface area contributed by atoms with Crippen molar-refractivity contribution in [2.24, 2.45) is 0 Å². The number of aliphatic hydroxyl groups excluding tert-OH is 1. The number of amides is 1. The number of aliphatic hydroxyl groups is 1. The Hall–Kier alpha value is -3.38. The highest BCUT2D eigenvalue weighted by Crippen LogP contribution is 2.35. The molecule has 1 atom stereocenters. The Kier molecular flexibility index (Phi) is 7.32. The van der Waals surface area contributed by atoms with Crippen molar-refractivity contribution in [2.45, 2.75) is 32.0 Å². The largest absolute Gasteiger partial charge is 0.435 e. The van der Waals surface area contributed by atoms with E-state index >= 15 is 0 Å². The fourth-order valence-electron chi connectivity index (χ4n) is 3.21. The van der Waals surface area contributed by atoms with E-state index < -0.39 is 42.4 Å². The van der Waals surface area contributed by atoms with Gasteiger partial charge in [0, 0.05) is 22.9 Å². The number of benzene rings is 2. The van der Waals surface area contributed by atoms with E-state index in [0.29, 0.717) is 17.8 Å². The number of carbonyl (C=O) groups excluding carboxylic acids is 1. The van der Waals surface area contributed by atoms with E-state index in [-0.39, 0.29) is 21.9 Å². The van der Waals surface area contributed by atoms with E-state index in [1.807, 2.05) is 0 Å². The zero-order valence-corrected chi connectivity index (χ0v) is 17.7. The van der Waals surface area contributed by atoms with Crippen LogP contribution in [0.15, 0.2) is 54.6 Å². The Labute approximate surface area is 190 Å². The summed E-state index contributed by atoms with van der Waals surface area (Å²) in [6.45, 7) is 1.70. The van der Waals surface area contributed by atoms with Gasteiger partial charge in [0.1, 0.15) is 11.9 Å². The average molecular weight is 486 g/mol. The third kappa shape index (κ3) is 5.94. The molecule has 0 aliphatic carbocycles. The maximum absolute atomic E-state index is 13.2. The molecule has 1 amide bonds. The van der Waals surface area contributed by atoms with Crippen molar-refractivity contribution in [3.8, 4) is 0 Å². The Balaban J connectivity index is 1.77. The molecule has 0 radical (unpaired) electrons. The molecule has 0 spiro atoms. The van der Waals surface area contributed by atoms with Gasteiger partial charge in [-0.2, -0.15) is 31.4 Å². The molecule has 0 fully saturated rings. The second kappa shape index (κ2) is 9.85. The molecular formula is C22H20F6N4O2. The predicted molar refractivity (Wildman–Crippen MR) is 111 cm³/mol. The van der Waals surface area contributed by atoms with Crippen LogP contribution in [-0.4, -0.2) is 27.3 Å². The van der Waals surface area contributed by atoms with Crippen molar-refractivity contribution in [2.75, 3.05) is 11.9 Å². The summed E-state index contributed by atoms with van der Waals surface area (Å²) in [4.78, 5) is 12.7. The second-order valence-electron chi connectivity index (χ2n) is 7.27. The highest BCUT2D eigenvalue weighted by atomic mass is 19.4. The van der Waals surface area contributed by atoms with Crippen molar-refractivity contribution in [1.29, 1.82) is 0 Å². The van der Waals surface area contributed by atoms with Crippen molar-refractivity contribution in [1.82, 2.24) is 15.1 Å². The fourth-order valence-corrected chi connectivity index (χ4v) is 3.21. The molecule has 3 N–H and O–H groups in total. The van der Waals surface area contributed by atoms with Crippen LogP contribution in [0.1, 0.15) is 46.0 Å². The van der Waals surface area contributed by atoms with Gasteiger partial charge in [-0.1, -0.05) is 37.3 Å². The summed E-state index contributed by atoms with van der Waals surface area (Å²) in [6.07, 6.45) is -11.1.